The van der Waals surface area contributed by atoms with E-state index in [1.807, 2.05) is 4.72 Å². The second kappa shape index (κ2) is 12.3. The third kappa shape index (κ3) is 8.54. The molecule has 0 aliphatic rings. The highest BCUT2D eigenvalue weighted by atomic mass is 32.2. The van der Waals surface area contributed by atoms with E-state index in [1.165, 1.54) is 24.7 Å². The van der Waals surface area contributed by atoms with Gasteiger partial charge in [0.05, 0.1) is 11.2 Å². The van der Waals surface area contributed by atoms with E-state index in [4.69, 9.17) is 0 Å². The van der Waals surface area contributed by atoms with E-state index < -0.39 is 39.9 Å². The Kier molecular flexibility index (Phi) is 9.55. The van der Waals surface area contributed by atoms with Crippen LogP contribution >= 0.6 is 0 Å². The molecule has 6 N–H and O–H groups in total. The minimum Gasteiger partial charge on any atom is -0.480 e. The van der Waals surface area contributed by atoms with Gasteiger partial charge in [0.2, 0.25) is 11.8 Å². The lowest BCUT2D eigenvalue weighted by molar-refractivity contribution is -0.141. The van der Waals surface area contributed by atoms with E-state index in [0.717, 1.165) is 0 Å². The molecule has 1 aromatic heterocycles. The van der Waals surface area contributed by atoms with Gasteiger partial charge in [0, 0.05) is 44.2 Å². The number of imidazole rings is 1. The number of aryl methyl sites for hydroxylation is 1. The SMILES string of the molecule is Cc1ccccc1S(=O)(=O)NC(=O)NCCC(=O)NCCC(=O)N[C@@H](Cc1cnc[nH]1)C(=O)O. The molecule has 4 amide bonds. The number of nitrogens with zero attached hydrogens (tertiary/aromatic N) is 1. The van der Waals surface area contributed by atoms with Gasteiger partial charge in [-0.3, -0.25) is 9.59 Å². The first-order valence-corrected chi connectivity index (χ1v) is 11.7. The van der Waals surface area contributed by atoms with Crippen LogP contribution in [0.25, 0.3) is 0 Å². The first kappa shape index (κ1) is 26.3. The summed E-state index contributed by atoms with van der Waals surface area (Å²) in [5.74, 6) is -2.26. The topological polar surface area (TPSA) is 199 Å². The first-order chi connectivity index (χ1) is 16.1. The highest BCUT2D eigenvalue weighted by Gasteiger charge is 2.21. The number of benzene rings is 1. The molecule has 1 heterocycles. The molecule has 0 aliphatic heterocycles. The summed E-state index contributed by atoms with van der Waals surface area (Å²) in [5.41, 5.74) is 1.02. The van der Waals surface area contributed by atoms with Gasteiger partial charge in [-0.2, -0.15) is 0 Å². The van der Waals surface area contributed by atoms with Gasteiger partial charge in [-0.15, -0.1) is 0 Å². The number of aromatic amines is 1. The Bertz CT molecular complexity index is 1120. The van der Waals surface area contributed by atoms with E-state index in [-0.39, 0.29) is 37.2 Å². The van der Waals surface area contributed by atoms with E-state index in [2.05, 4.69) is 25.9 Å². The van der Waals surface area contributed by atoms with Gasteiger partial charge in [0.15, 0.2) is 0 Å². The van der Waals surface area contributed by atoms with Gasteiger partial charge in [0.25, 0.3) is 10.0 Å². The number of amides is 4. The quantitative estimate of drug-likeness (QED) is 0.225. The molecule has 0 fully saturated rings. The molecule has 34 heavy (non-hydrogen) atoms. The monoisotopic (exact) mass is 494 g/mol. The lowest BCUT2D eigenvalue weighted by Crippen LogP contribution is -2.43. The minimum atomic E-state index is -4.05. The molecule has 2 aromatic rings. The summed E-state index contributed by atoms with van der Waals surface area (Å²) in [4.78, 5) is 53.5. The van der Waals surface area contributed by atoms with Crippen molar-refractivity contribution >= 4 is 33.8 Å². The van der Waals surface area contributed by atoms with Crippen molar-refractivity contribution in [1.29, 1.82) is 0 Å². The molecule has 1 aromatic carbocycles. The van der Waals surface area contributed by atoms with Crippen LogP contribution in [0.5, 0.6) is 0 Å². The fraction of sp³-hybridized carbons (Fsp3) is 0.350. The van der Waals surface area contributed by atoms with Gasteiger partial charge in [-0.25, -0.2) is 27.7 Å². The molecule has 1 atom stereocenters. The van der Waals surface area contributed by atoms with Crippen molar-refractivity contribution < 1.29 is 32.7 Å². The lowest BCUT2D eigenvalue weighted by atomic mass is 10.1. The number of aliphatic carboxylic acids is 1. The predicted molar refractivity (Wildman–Crippen MR) is 119 cm³/mol. The van der Waals surface area contributed by atoms with Crippen molar-refractivity contribution in [2.24, 2.45) is 0 Å². The molecule has 2 rings (SSSR count). The van der Waals surface area contributed by atoms with Crippen molar-refractivity contribution in [3.63, 3.8) is 0 Å². The van der Waals surface area contributed by atoms with Crippen molar-refractivity contribution in [3.8, 4) is 0 Å². The standard InChI is InChI=1S/C20H26N6O7S/c1-13-4-2-3-5-16(13)34(32,33)26-20(31)23-9-6-17(27)22-8-7-18(28)25-15(19(29)30)10-14-11-21-12-24-14/h2-5,11-12,15H,6-10H2,1H3,(H,21,24)(H,22,27)(H,25,28)(H,29,30)(H2,23,26,31)/t15-/m0/s1. The van der Waals surface area contributed by atoms with Crippen LogP contribution in [-0.2, 0) is 30.8 Å². The first-order valence-electron chi connectivity index (χ1n) is 10.2. The molecule has 0 bridgehead atoms. The summed E-state index contributed by atoms with van der Waals surface area (Å²) in [6.07, 6.45) is 2.57. The van der Waals surface area contributed by atoms with Crippen LogP contribution in [0.15, 0.2) is 41.7 Å². The fourth-order valence-electron chi connectivity index (χ4n) is 2.85. The largest absolute Gasteiger partial charge is 0.480 e. The van der Waals surface area contributed by atoms with Crippen LogP contribution in [0.3, 0.4) is 0 Å². The van der Waals surface area contributed by atoms with Crippen LogP contribution in [-0.4, -0.2) is 66.4 Å². The number of sulfonamides is 1. The molecule has 14 heteroatoms. The maximum absolute atomic E-state index is 12.2. The fourth-order valence-corrected chi connectivity index (χ4v) is 4.02. The zero-order valence-corrected chi connectivity index (χ0v) is 19.1. The number of carboxylic acid groups (broad SMARTS) is 1. The molecular formula is C20H26N6O7S. The third-order valence-electron chi connectivity index (χ3n) is 4.53. The molecule has 0 aliphatic carbocycles. The smallest absolute Gasteiger partial charge is 0.328 e. The highest BCUT2D eigenvalue weighted by molar-refractivity contribution is 7.90. The number of carbonyl (C=O) groups is 4. The Morgan fingerprint density at radius 3 is 2.38 bits per heavy atom. The summed E-state index contributed by atoms with van der Waals surface area (Å²) in [6.45, 7) is 1.41. The van der Waals surface area contributed by atoms with Crippen LogP contribution in [0.2, 0.25) is 0 Å². The molecule has 184 valence electrons. The van der Waals surface area contributed by atoms with Crippen molar-refractivity contribution in [3.05, 3.63) is 48.0 Å². The average Bonchev–Trinajstić information content (AvgIpc) is 3.26. The maximum atomic E-state index is 12.2. The van der Waals surface area contributed by atoms with Gasteiger partial charge >= 0.3 is 12.0 Å². The summed E-state index contributed by atoms with van der Waals surface area (Å²) in [5, 5.41) is 16.3. The number of carbonyl (C=O) groups excluding carboxylic acids is 3. The van der Waals surface area contributed by atoms with Gasteiger partial charge in [0.1, 0.15) is 6.04 Å². The zero-order valence-electron chi connectivity index (χ0n) is 18.3. The number of hydrogen-bond donors (Lipinski definition) is 6. The van der Waals surface area contributed by atoms with Crippen molar-refractivity contribution in [1.82, 2.24) is 30.6 Å². The van der Waals surface area contributed by atoms with Gasteiger partial charge < -0.3 is 26.0 Å². The van der Waals surface area contributed by atoms with Gasteiger partial charge in [-0.05, 0) is 18.6 Å². The maximum Gasteiger partial charge on any atom is 0.328 e. The van der Waals surface area contributed by atoms with E-state index in [1.54, 1.807) is 19.1 Å². The van der Waals surface area contributed by atoms with Crippen LogP contribution < -0.4 is 20.7 Å². The number of nitrogens with one attached hydrogen (secondary N) is 5. The Labute approximate surface area is 195 Å². The lowest BCUT2D eigenvalue weighted by Gasteiger charge is -2.14. The average molecular weight is 495 g/mol. The van der Waals surface area contributed by atoms with E-state index in [0.29, 0.717) is 11.3 Å². The summed E-state index contributed by atoms with van der Waals surface area (Å²) < 4.78 is 26.4. The van der Waals surface area contributed by atoms with E-state index in [9.17, 15) is 32.7 Å². The normalized spacial score (nSPS) is 11.8. The Balaban J connectivity index is 1.66. The highest BCUT2D eigenvalue weighted by Crippen LogP contribution is 2.13. The number of aromatic nitrogens is 2. The van der Waals surface area contributed by atoms with Gasteiger partial charge in [-0.1, -0.05) is 18.2 Å². The summed E-state index contributed by atoms with van der Waals surface area (Å²) in [6, 6.07) is 4.03. The Morgan fingerprint density at radius 1 is 1.06 bits per heavy atom. The molecule has 0 unspecified atom stereocenters. The number of rotatable bonds is 12. The second-order valence-electron chi connectivity index (χ2n) is 7.22. The predicted octanol–water partition coefficient (Wildman–Crippen LogP) is -0.585. The van der Waals surface area contributed by atoms with E-state index >= 15 is 0 Å². The Hall–Kier alpha value is -3.94. The zero-order chi connectivity index (χ0) is 25.1. The van der Waals surface area contributed by atoms with Crippen molar-refractivity contribution in [2.45, 2.75) is 37.1 Å². The van der Waals surface area contributed by atoms with Crippen LogP contribution in [0.4, 0.5) is 4.79 Å². The molecule has 13 nitrogen and oxygen atoms in total. The summed E-state index contributed by atoms with van der Waals surface area (Å²) >= 11 is 0. The number of urea groups is 1. The summed E-state index contributed by atoms with van der Waals surface area (Å²) in [7, 11) is -4.05. The third-order valence-corrected chi connectivity index (χ3v) is 6.03. The number of H-pyrrole nitrogens is 1. The molecular weight excluding hydrogens is 468 g/mol. The second-order valence-corrected chi connectivity index (χ2v) is 8.87. The van der Waals surface area contributed by atoms with Crippen LogP contribution in [0, 0.1) is 6.92 Å². The van der Waals surface area contributed by atoms with Crippen LogP contribution in [0.1, 0.15) is 24.1 Å². The molecule has 0 saturated heterocycles. The number of carboxylic acids is 1. The minimum absolute atomic E-state index is 0.0285. The Morgan fingerprint density at radius 2 is 1.74 bits per heavy atom. The van der Waals surface area contributed by atoms with Crippen molar-refractivity contribution in [2.75, 3.05) is 13.1 Å². The molecule has 0 saturated carbocycles. The number of hydrogen-bond acceptors (Lipinski definition) is 7. The molecule has 0 spiro atoms. The molecule has 0 radical (unpaired) electrons.